The summed E-state index contributed by atoms with van der Waals surface area (Å²) in [7, 11) is 0. The second-order valence-corrected chi connectivity index (χ2v) is 4.43. The van der Waals surface area contributed by atoms with E-state index >= 15 is 0 Å². The molecule has 0 radical (unpaired) electrons. The minimum absolute atomic E-state index is 0.194. The highest BCUT2D eigenvalue weighted by atomic mass is 79.9. The van der Waals surface area contributed by atoms with Crippen molar-refractivity contribution in [1.29, 1.82) is 0 Å². The molecule has 0 fully saturated rings. The van der Waals surface area contributed by atoms with E-state index in [-0.39, 0.29) is 6.04 Å². The Bertz CT molecular complexity index is 424. The number of rotatable bonds is 5. The van der Waals surface area contributed by atoms with Gasteiger partial charge in [-0.2, -0.15) is 5.10 Å². The van der Waals surface area contributed by atoms with Gasteiger partial charge in [-0.3, -0.25) is 4.68 Å². The molecule has 0 saturated carbocycles. The third-order valence-electron chi connectivity index (χ3n) is 2.39. The first-order valence-corrected chi connectivity index (χ1v) is 6.00. The lowest BCUT2D eigenvalue weighted by Gasteiger charge is -2.11. The predicted molar refractivity (Wildman–Crippen MR) is 65.1 cm³/mol. The quantitative estimate of drug-likeness (QED) is 0.917. The van der Waals surface area contributed by atoms with E-state index < -0.39 is 0 Å². The van der Waals surface area contributed by atoms with Crippen LogP contribution in [0.5, 0.6) is 0 Å². The first-order chi connectivity index (χ1) is 7.77. The van der Waals surface area contributed by atoms with Crippen molar-refractivity contribution in [2.75, 3.05) is 6.54 Å². The average molecular weight is 284 g/mol. The molecule has 4 nitrogen and oxygen atoms in total. The fraction of sp³-hybridized carbons (Fsp3) is 0.364. The number of nitrogens with one attached hydrogen (secondary N) is 1. The number of halogens is 1. The van der Waals surface area contributed by atoms with Gasteiger partial charge in [0.1, 0.15) is 5.76 Å². The normalized spacial score (nSPS) is 12.9. The molecule has 0 aliphatic carbocycles. The zero-order valence-corrected chi connectivity index (χ0v) is 10.6. The summed E-state index contributed by atoms with van der Waals surface area (Å²) in [4.78, 5) is 0. The molecule has 2 aromatic heterocycles. The highest BCUT2D eigenvalue weighted by Gasteiger charge is 2.11. The van der Waals surface area contributed by atoms with Crippen LogP contribution in [0.25, 0.3) is 0 Å². The molecule has 2 heterocycles. The van der Waals surface area contributed by atoms with Crippen LogP contribution in [0.3, 0.4) is 0 Å². The Labute approximate surface area is 103 Å². The topological polar surface area (TPSA) is 43.0 Å². The number of nitrogens with zero attached hydrogens (tertiary/aromatic N) is 2. The third-order valence-corrected chi connectivity index (χ3v) is 3.04. The first kappa shape index (κ1) is 11.4. The molecular formula is C11H14BrN3O. The molecule has 0 aliphatic heterocycles. The van der Waals surface area contributed by atoms with Gasteiger partial charge < -0.3 is 9.73 Å². The minimum Gasteiger partial charge on any atom is -0.466 e. The second-order valence-electron chi connectivity index (χ2n) is 3.58. The maximum Gasteiger partial charge on any atom is 0.134 e. The van der Waals surface area contributed by atoms with Gasteiger partial charge in [-0.25, -0.2) is 0 Å². The van der Waals surface area contributed by atoms with Gasteiger partial charge in [-0.1, -0.05) is 0 Å². The maximum absolute atomic E-state index is 5.38. The van der Waals surface area contributed by atoms with Crippen molar-refractivity contribution in [3.8, 4) is 0 Å². The summed E-state index contributed by atoms with van der Waals surface area (Å²) < 4.78 is 8.29. The zero-order valence-electron chi connectivity index (χ0n) is 9.06. The average Bonchev–Trinajstić information content (AvgIpc) is 2.88. The molecule has 1 atom stereocenters. The Balaban J connectivity index is 1.80. The van der Waals surface area contributed by atoms with Crippen molar-refractivity contribution in [3.05, 3.63) is 41.0 Å². The number of furan rings is 1. The van der Waals surface area contributed by atoms with Crippen LogP contribution in [0, 0.1) is 0 Å². The summed E-state index contributed by atoms with van der Waals surface area (Å²) in [6.45, 7) is 3.79. The lowest BCUT2D eigenvalue weighted by Crippen LogP contribution is -2.23. The largest absolute Gasteiger partial charge is 0.466 e. The monoisotopic (exact) mass is 283 g/mol. The fourth-order valence-electron chi connectivity index (χ4n) is 1.54. The molecule has 16 heavy (non-hydrogen) atoms. The van der Waals surface area contributed by atoms with Gasteiger partial charge in [0.25, 0.3) is 0 Å². The standard InChI is InChI=1S/C11H14BrN3O/c1-9(11-10(12)3-8-16-11)13-5-7-15-6-2-4-14-15/h2-4,6,8-9,13H,5,7H2,1H3. The molecule has 2 aromatic rings. The van der Waals surface area contributed by atoms with Crippen LogP contribution in [0.4, 0.5) is 0 Å². The van der Waals surface area contributed by atoms with Crippen LogP contribution in [0.2, 0.25) is 0 Å². The zero-order chi connectivity index (χ0) is 11.4. The number of aromatic nitrogens is 2. The van der Waals surface area contributed by atoms with Gasteiger partial charge in [0, 0.05) is 18.9 Å². The maximum atomic E-state index is 5.38. The van der Waals surface area contributed by atoms with E-state index in [1.54, 1.807) is 12.5 Å². The van der Waals surface area contributed by atoms with Crippen molar-refractivity contribution >= 4 is 15.9 Å². The van der Waals surface area contributed by atoms with Crippen molar-refractivity contribution < 1.29 is 4.42 Å². The summed E-state index contributed by atoms with van der Waals surface area (Å²) in [6.07, 6.45) is 5.42. The van der Waals surface area contributed by atoms with Crippen LogP contribution < -0.4 is 5.32 Å². The number of hydrogen-bond acceptors (Lipinski definition) is 3. The van der Waals surface area contributed by atoms with Crippen molar-refractivity contribution in [2.24, 2.45) is 0 Å². The lowest BCUT2D eigenvalue weighted by atomic mass is 10.2. The Hall–Kier alpha value is -1.07. The molecule has 0 aliphatic rings. The summed E-state index contributed by atoms with van der Waals surface area (Å²) >= 11 is 3.45. The van der Waals surface area contributed by atoms with Crippen LogP contribution in [-0.2, 0) is 6.54 Å². The molecule has 0 amide bonds. The molecule has 86 valence electrons. The van der Waals surface area contributed by atoms with E-state index in [4.69, 9.17) is 4.42 Å². The van der Waals surface area contributed by atoms with Gasteiger partial charge in [-0.05, 0) is 35.0 Å². The first-order valence-electron chi connectivity index (χ1n) is 5.21. The Morgan fingerprint density at radius 2 is 2.50 bits per heavy atom. The predicted octanol–water partition coefficient (Wildman–Crippen LogP) is 2.59. The second kappa shape index (κ2) is 5.32. The molecule has 0 bridgehead atoms. The molecular weight excluding hydrogens is 270 g/mol. The summed E-state index contributed by atoms with van der Waals surface area (Å²) in [6, 6.07) is 4.02. The van der Waals surface area contributed by atoms with Gasteiger partial charge >= 0.3 is 0 Å². The number of hydrogen-bond donors (Lipinski definition) is 1. The summed E-state index contributed by atoms with van der Waals surface area (Å²) in [5.41, 5.74) is 0. The Morgan fingerprint density at radius 3 is 3.12 bits per heavy atom. The molecule has 0 spiro atoms. The van der Waals surface area contributed by atoms with Gasteiger partial charge in [0.2, 0.25) is 0 Å². The van der Waals surface area contributed by atoms with E-state index in [1.807, 2.05) is 23.0 Å². The fourth-order valence-corrected chi connectivity index (χ4v) is 2.08. The molecule has 0 saturated heterocycles. The van der Waals surface area contributed by atoms with Crippen molar-refractivity contribution in [2.45, 2.75) is 19.5 Å². The van der Waals surface area contributed by atoms with Crippen LogP contribution >= 0.6 is 15.9 Å². The summed E-state index contributed by atoms with van der Waals surface area (Å²) in [5.74, 6) is 0.931. The highest BCUT2D eigenvalue weighted by molar-refractivity contribution is 9.10. The molecule has 2 rings (SSSR count). The summed E-state index contributed by atoms with van der Waals surface area (Å²) in [5, 5.41) is 7.52. The van der Waals surface area contributed by atoms with Crippen LogP contribution in [-0.4, -0.2) is 16.3 Å². The van der Waals surface area contributed by atoms with Gasteiger partial charge in [0.15, 0.2) is 0 Å². The SMILES string of the molecule is CC(NCCn1cccn1)c1occc1Br. The van der Waals surface area contributed by atoms with Gasteiger partial charge in [-0.15, -0.1) is 0 Å². The van der Waals surface area contributed by atoms with E-state index in [1.165, 1.54) is 0 Å². The third kappa shape index (κ3) is 2.74. The molecule has 0 aromatic carbocycles. The van der Waals surface area contributed by atoms with Gasteiger partial charge in [0.05, 0.1) is 23.3 Å². The smallest absolute Gasteiger partial charge is 0.134 e. The van der Waals surface area contributed by atoms with E-state index in [9.17, 15) is 0 Å². The van der Waals surface area contributed by atoms with E-state index in [0.29, 0.717) is 0 Å². The van der Waals surface area contributed by atoms with Crippen LogP contribution in [0.1, 0.15) is 18.7 Å². The Morgan fingerprint density at radius 1 is 1.62 bits per heavy atom. The molecule has 1 unspecified atom stereocenters. The molecule has 1 N–H and O–H groups in total. The van der Waals surface area contributed by atoms with Crippen LogP contribution in [0.15, 0.2) is 39.7 Å². The highest BCUT2D eigenvalue weighted by Crippen LogP contribution is 2.23. The van der Waals surface area contributed by atoms with Crippen molar-refractivity contribution in [1.82, 2.24) is 15.1 Å². The van der Waals surface area contributed by atoms with Crippen molar-refractivity contribution in [3.63, 3.8) is 0 Å². The Kier molecular flexibility index (Phi) is 3.79. The van der Waals surface area contributed by atoms with E-state index in [0.717, 1.165) is 23.3 Å². The van der Waals surface area contributed by atoms with E-state index in [2.05, 4.69) is 33.3 Å². The lowest BCUT2D eigenvalue weighted by molar-refractivity contribution is 0.417. The minimum atomic E-state index is 0.194. The molecule has 5 heteroatoms.